The average molecular weight is 359 g/mol. The quantitative estimate of drug-likeness (QED) is 0.700. The van der Waals surface area contributed by atoms with Crippen LogP contribution in [-0.4, -0.2) is 42.0 Å². The number of benzene rings is 1. The molecule has 8 heteroatoms. The number of esters is 2. The number of nitrogens with zero attached hydrogens (tertiary/aromatic N) is 1. The summed E-state index contributed by atoms with van der Waals surface area (Å²) in [7, 11) is 2.61. The SMILES string of the molecule is COC(=O)CC[C@@H](CC(=O)OC)c1cnc(NC(=O)c2ccccc2)[nH]1. The van der Waals surface area contributed by atoms with Crippen LogP contribution in [0.1, 0.15) is 41.2 Å². The van der Waals surface area contributed by atoms with Crippen molar-refractivity contribution in [3.8, 4) is 0 Å². The first kappa shape index (κ1) is 19.2. The standard InChI is InChI=1S/C18H21N3O5/c1-25-15(22)9-8-13(10-16(23)26-2)14-11-19-18(20-14)21-17(24)12-6-4-3-5-7-12/h3-7,11,13H,8-10H2,1-2H3,(H2,19,20,21,24)/t13-/m0/s1. The summed E-state index contributed by atoms with van der Waals surface area (Å²) in [6, 6.07) is 8.73. The minimum absolute atomic E-state index is 0.0851. The number of ether oxygens (including phenoxy) is 2. The van der Waals surface area contributed by atoms with Crippen LogP contribution >= 0.6 is 0 Å². The molecule has 26 heavy (non-hydrogen) atoms. The van der Waals surface area contributed by atoms with Gasteiger partial charge in [0.05, 0.1) is 26.8 Å². The molecule has 1 heterocycles. The predicted octanol–water partition coefficient (Wildman–Crippen LogP) is 2.26. The van der Waals surface area contributed by atoms with Crippen LogP contribution in [0.5, 0.6) is 0 Å². The van der Waals surface area contributed by atoms with Crippen molar-refractivity contribution in [2.75, 3.05) is 19.5 Å². The Labute approximate surface area is 150 Å². The number of hydrogen-bond acceptors (Lipinski definition) is 6. The molecule has 0 bridgehead atoms. The van der Waals surface area contributed by atoms with Crippen molar-refractivity contribution >= 4 is 23.8 Å². The number of carbonyl (C=O) groups is 3. The maximum absolute atomic E-state index is 12.2. The van der Waals surface area contributed by atoms with Crippen LogP contribution in [0.25, 0.3) is 0 Å². The largest absolute Gasteiger partial charge is 0.469 e. The van der Waals surface area contributed by atoms with Gasteiger partial charge in [-0.05, 0) is 18.6 Å². The fraction of sp³-hybridized carbons (Fsp3) is 0.333. The van der Waals surface area contributed by atoms with Crippen molar-refractivity contribution in [2.24, 2.45) is 0 Å². The van der Waals surface area contributed by atoms with Gasteiger partial charge in [0.1, 0.15) is 0 Å². The summed E-state index contributed by atoms with van der Waals surface area (Å²) >= 11 is 0. The van der Waals surface area contributed by atoms with Crippen LogP contribution < -0.4 is 5.32 Å². The fourth-order valence-corrected chi connectivity index (χ4v) is 2.42. The number of aromatic amines is 1. The van der Waals surface area contributed by atoms with Crippen molar-refractivity contribution in [1.29, 1.82) is 0 Å². The number of nitrogens with one attached hydrogen (secondary N) is 2. The Kier molecular flexibility index (Phi) is 6.90. The number of amides is 1. The lowest BCUT2D eigenvalue weighted by atomic mass is 9.96. The summed E-state index contributed by atoms with van der Waals surface area (Å²) in [6.07, 6.45) is 2.16. The summed E-state index contributed by atoms with van der Waals surface area (Å²) in [5.41, 5.74) is 1.13. The van der Waals surface area contributed by atoms with Crippen LogP contribution in [0.4, 0.5) is 5.95 Å². The van der Waals surface area contributed by atoms with E-state index in [-0.39, 0.29) is 36.6 Å². The molecule has 0 aliphatic rings. The molecule has 0 saturated heterocycles. The van der Waals surface area contributed by atoms with Crippen LogP contribution in [-0.2, 0) is 19.1 Å². The molecule has 1 amide bonds. The van der Waals surface area contributed by atoms with Gasteiger partial charge in [0.2, 0.25) is 5.95 Å². The Bertz CT molecular complexity index is 757. The topological polar surface area (TPSA) is 110 Å². The number of rotatable bonds is 8. The first-order chi connectivity index (χ1) is 12.5. The molecule has 0 fully saturated rings. The van der Waals surface area contributed by atoms with Gasteiger partial charge in [0, 0.05) is 23.6 Å². The summed E-state index contributed by atoms with van der Waals surface area (Å²) in [5, 5.41) is 2.66. The Balaban J connectivity index is 2.07. The summed E-state index contributed by atoms with van der Waals surface area (Å²) in [5.74, 6) is -1.11. The number of anilines is 1. The summed E-state index contributed by atoms with van der Waals surface area (Å²) in [6.45, 7) is 0. The zero-order chi connectivity index (χ0) is 18.9. The van der Waals surface area contributed by atoms with Crippen molar-refractivity contribution in [1.82, 2.24) is 9.97 Å². The van der Waals surface area contributed by atoms with Gasteiger partial charge >= 0.3 is 11.9 Å². The van der Waals surface area contributed by atoms with Gasteiger partial charge in [-0.25, -0.2) is 4.98 Å². The van der Waals surface area contributed by atoms with Crippen molar-refractivity contribution in [3.63, 3.8) is 0 Å². The normalized spacial score (nSPS) is 11.5. The first-order valence-corrected chi connectivity index (χ1v) is 8.08. The van der Waals surface area contributed by atoms with E-state index in [0.29, 0.717) is 17.7 Å². The highest BCUT2D eigenvalue weighted by Crippen LogP contribution is 2.25. The van der Waals surface area contributed by atoms with Crippen LogP contribution in [0.3, 0.4) is 0 Å². The van der Waals surface area contributed by atoms with E-state index in [1.54, 1.807) is 24.3 Å². The third-order valence-corrected chi connectivity index (χ3v) is 3.87. The van der Waals surface area contributed by atoms with E-state index in [9.17, 15) is 14.4 Å². The third kappa shape index (κ3) is 5.44. The fourth-order valence-electron chi connectivity index (χ4n) is 2.42. The Morgan fingerprint density at radius 2 is 1.81 bits per heavy atom. The van der Waals surface area contributed by atoms with E-state index in [0.717, 1.165) is 0 Å². The second-order valence-corrected chi connectivity index (χ2v) is 5.60. The molecule has 8 nitrogen and oxygen atoms in total. The Morgan fingerprint density at radius 1 is 1.12 bits per heavy atom. The highest BCUT2D eigenvalue weighted by atomic mass is 16.5. The Hall–Kier alpha value is -3.16. The van der Waals surface area contributed by atoms with Crippen molar-refractivity contribution in [2.45, 2.75) is 25.2 Å². The lowest BCUT2D eigenvalue weighted by molar-refractivity contribution is -0.143. The van der Waals surface area contributed by atoms with Crippen molar-refractivity contribution < 1.29 is 23.9 Å². The van der Waals surface area contributed by atoms with Crippen LogP contribution in [0, 0.1) is 0 Å². The molecular formula is C18H21N3O5. The third-order valence-electron chi connectivity index (χ3n) is 3.87. The molecule has 138 valence electrons. The maximum Gasteiger partial charge on any atom is 0.306 e. The minimum atomic E-state index is -0.399. The zero-order valence-electron chi connectivity index (χ0n) is 14.7. The minimum Gasteiger partial charge on any atom is -0.469 e. The van der Waals surface area contributed by atoms with Crippen molar-refractivity contribution in [3.05, 3.63) is 47.8 Å². The van der Waals surface area contributed by atoms with Gasteiger partial charge in [0.25, 0.3) is 5.91 Å². The van der Waals surface area contributed by atoms with E-state index < -0.39 is 5.97 Å². The summed E-state index contributed by atoms with van der Waals surface area (Å²) < 4.78 is 9.34. The monoisotopic (exact) mass is 359 g/mol. The van der Waals surface area contributed by atoms with Gasteiger partial charge in [0.15, 0.2) is 0 Å². The number of carbonyl (C=O) groups excluding carboxylic acids is 3. The average Bonchev–Trinajstić information content (AvgIpc) is 3.13. The van der Waals surface area contributed by atoms with Gasteiger partial charge in [-0.3, -0.25) is 19.7 Å². The molecule has 0 saturated carbocycles. The first-order valence-electron chi connectivity index (χ1n) is 8.08. The number of methoxy groups -OCH3 is 2. The highest BCUT2D eigenvalue weighted by Gasteiger charge is 2.21. The predicted molar refractivity (Wildman–Crippen MR) is 93.6 cm³/mol. The van der Waals surface area contributed by atoms with Gasteiger partial charge in [-0.15, -0.1) is 0 Å². The second-order valence-electron chi connectivity index (χ2n) is 5.60. The number of aromatic nitrogens is 2. The van der Waals surface area contributed by atoms with Gasteiger partial charge < -0.3 is 14.5 Å². The number of H-pyrrole nitrogens is 1. The van der Waals surface area contributed by atoms with Gasteiger partial charge in [-0.2, -0.15) is 0 Å². The molecular weight excluding hydrogens is 338 g/mol. The Morgan fingerprint density at radius 3 is 2.46 bits per heavy atom. The van der Waals surface area contributed by atoms with Crippen LogP contribution in [0.2, 0.25) is 0 Å². The molecule has 1 aromatic carbocycles. The van der Waals surface area contributed by atoms with Crippen LogP contribution in [0.15, 0.2) is 36.5 Å². The highest BCUT2D eigenvalue weighted by molar-refractivity contribution is 6.03. The molecule has 0 radical (unpaired) electrons. The molecule has 0 unspecified atom stereocenters. The smallest absolute Gasteiger partial charge is 0.306 e. The molecule has 2 rings (SSSR count). The molecule has 1 atom stereocenters. The molecule has 0 aliphatic heterocycles. The van der Waals surface area contributed by atoms with Gasteiger partial charge in [-0.1, -0.05) is 18.2 Å². The van der Waals surface area contributed by atoms with E-state index in [1.165, 1.54) is 20.4 Å². The molecule has 0 spiro atoms. The molecule has 2 N–H and O–H groups in total. The lowest BCUT2D eigenvalue weighted by Crippen LogP contribution is -2.14. The van der Waals surface area contributed by atoms with E-state index in [2.05, 4.69) is 20.0 Å². The van der Waals surface area contributed by atoms with E-state index in [1.807, 2.05) is 6.07 Å². The zero-order valence-corrected chi connectivity index (χ0v) is 14.7. The number of imidazole rings is 1. The molecule has 0 aliphatic carbocycles. The molecule has 1 aromatic heterocycles. The molecule has 2 aromatic rings. The van der Waals surface area contributed by atoms with E-state index >= 15 is 0 Å². The summed E-state index contributed by atoms with van der Waals surface area (Å²) in [4.78, 5) is 42.3. The lowest BCUT2D eigenvalue weighted by Gasteiger charge is -2.13. The second kappa shape index (κ2) is 9.36. The van der Waals surface area contributed by atoms with E-state index in [4.69, 9.17) is 4.74 Å². The number of hydrogen-bond donors (Lipinski definition) is 2. The maximum atomic E-state index is 12.2.